The molecule has 0 aliphatic rings. The van der Waals surface area contributed by atoms with E-state index >= 15 is 0 Å². The molecule has 0 saturated carbocycles. The first-order valence-electron chi connectivity index (χ1n) is 4.17. The van der Waals surface area contributed by atoms with Crippen LogP contribution in [-0.2, 0) is 4.79 Å². The van der Waals surface area contributed by atoms with Crippen LogP contribution < -0.4 is 5.32 Å². The maximum atomic E-state index is 10.8. The summed E-state index contributed by atoms with van der Waals surface area (Å²) in [5.41, 5.74) is 0.917. The average Bonchev–Trinajstić information content (AvgIpc) is 2.15. The molecule has 0 aliphatic heterocycles. The lowest BCUT2D eigenvalue weighted by atomic mass is 10.1. The van der Waals surface area contributed by atoms with E-state index < -0.39 is 0 Å². The Morgan fingerprint density at radius 1 is 1.46 bits per heavy atom. The van der Waals surface area contributed by atoms with Crippen molar-refractivity contribution < 1.29 is 9.90 Å². The van der Waals surface area contributed by atoms with E-state index in [9.17, 15) is 4.79 Å². The lowest BCUT2D eigenvalue weighted by molar-refractivity contribution is -0.120. The Hall–Kier alpha value is -1.35. The quantitative estimate of drug-likeness (QED) is 0.723. The molecule has 3 heteroatoms. The van der Waals surface area contributed by atoms with E-state index in [1.54, 1.807) is 0 Å². The third-order valence-electron chi connectivity index (χ3n) is 1.76. The molecular weight excluding hydrogens is 166 g/mol. The van der Waals surface area contributed by atoms with Crippen molar-refractivity contribution in [3.63, 3.8) is 0 Å². The fourth-order valence-corrected chi connectivity index (χ4v) is 1.17. The van der Waals surface area contributed by atoms with Gasteiger partial charge in [-0.25, -0.2) is 0 Å². The predicted octanol–water partition coefficient (Wildman–Crippen LogP) is 0.856. The molecule has 13 heavy (non-hydrogen) atoms. The summed E-state index contributed by atoms with van der Waals surface area (Å²) in [7, 11) is 0. The number of hydrogen-bond acceptors (Lipinski definition) is 2. The van der Waals surface area contributed by atoms with E-state index in [0.29, 0.717) is 0 Å². The van der Waals surface area contributed by atoms with Gasteiger partial charge in [0.1, 0.15) is 0 Å². The summed E-state index contributed by atoms with van der Waals surface area (Å²) in [6.45, 7) is 1.36. The van der Waals surface area contributed by atoms with Crippen LogP contribution >= 0.6 is 0 Å². The van der Waals surface area contributed by atoms with Crippen molar-refractivity contribution in [1.82, 2.24) is 5.32 Å². The zero-order valence-electron chi connectivity index (χ0n) is 7.53. The maximum Gasteiger partial charge on any atom is 0.217 e. The maximum absolute atomic E-state index is 10.8. The lowest BCUT2D eigenvalue weighted by Gasteiger charge is -2.14. The minimum absolute atomic E-state index is 0.0798. The molecule has 70 valence electrons. The van der Waals surface area contributed by atoms with Gasteiger partial charge in [-0.1, -0.05) is 30.3 Å². The van der Waals surface area contributed by atoms with E-state index in [1.165, 1.54) is 6.92 Å². The number of aliphatic hydroxyl groups excluding tert-OH is 1. The second kappa shape index (κ2) is 4.62. The van der Waals surface area contributed by atoms with E-state index in [1.807, 2.05) is 30.3 Å². The van der Waals surface area contributed by atoms with Crippen LogP contribution in [0.2, 0.25) is 0 Å². The summed E-state index contributed by atoms with van der Waals surface area (Å²) < 4.78 is 0. The molecule has 1 amide bonds. The van der Waals surface area contributed by atoms with Crippen molar-refractivity contribution in [2.75, 3.05) is 6.61 Å². The van der Waals surface area contributed by atoms with Gasteiger partial charge in [-0.3, -0.25) is 4.79 Å². The normalized spacial score (nSPS) is 12.2. The first-order chi connectivity index (χ1) is 6.24. The van der Waals surface area contributed by atoms with E-state index in [2.05, 4.69) is 5.32 Å². The molecule has 0 spiro atoms. The zero-order valence-corrected chi connectivity index (χ0v) is 7.53. The van der Waals surface area contributed by atoms with Gasteiger partial charge in [-0.05, 0) is 5.56 Å². The minimum atomic E-state index is -0.293. The molecule has 0 aliphatic carbocycles. The first-order valence-corrected chi connectivity index (χ1v) is 4.17. The predicted molar refractivity (Wildman–Crippen MR) is 50.1 cm³/mol. The van der Waals surface area contributed by atoms with Gasteiger partial charge in [0.05, 0.1) is 12.6 Å². The summed E-state index contributed by atoms with van der Waals surface area (Å²) in [6, 6.07) is 9.10. The third-order valence-corrected chi connectivity index (χ3v) is 1.76. The molecule has 0 saturated heterocycles. The van der Waals surface area contributed by atoms with Crippen molar-refractivity contribution in [3.8, 4) is 0 Å². The standard InChI is InChI=1S/C10H13NO2/c1-8(13)11-10(7-12)9-5-3-2-4-6-9/h2-6,10,12H,7H2,1H3,(H,11,13)/t10-/m1/s1. The Kier molecular flexibility index (Phi) is 3.46. The Balaban J connectivity index is 2.73. The summed E-state index contributed by atoms with van der Waals surface area (Å²) in [6.07, 6.45) is 0. The number of aliphatic hydroxyl groups is 1. The molecule has 1 aromatic rings. The van der Waals surface area contributed by atoms with Gasteiger partial charge in [0.25, 0.3) is 0 Å². The van der Waals surface area contributed by atoms with Gasteiger partial charge in [0, 0.05) is 6.92 Å². The SMILES string of the molecule is CC(=O)N[C@H](CO)c1ccccc1. The number of benzene rings is 1. The molecule has 0 aromatic heterocycles. The van der Waals surface area contributed by atoms with Gasteiger partial charge >= 0.3 is 0 Å². The largest absolute Gasteiger partial charge is 0.394 e. The average molecular weight is 179 g/mol. The monoisotopic (exact) mass is 179 g/mol. The number of nitrogens with one attached hydrogen (secondary N) is 1. The molecule has 0 heterocycles. The van der Waals surface area contributed by atoms with Crippen LogP contribution in [-0.4, -0.2) is 17.6 Å². The number of rotatable bonds is 3. The molecule has 0 radical (unpaired) electrons. The Morgan fingerprint density at radius 2 is 2.08 bits per heavy atom. The molecule has 2 N–H and O–H groups in total. The second-order valence-corrected chi connectivity index (χ2v) is 2.85. The molecule has 1 rings (SSSR count). The fourth-order valence-electron chi connectivity index (χ4n) is 1.17. The van der Waals surface area contributed by atoms with Crippen LogP contribution in [0.4, 0.5) is 0 Å². The van der Waals surface area contributed by atoms with Crippen LogP contribution in [0.1, 0.15) is 18.5 Å². The molecule has 0 bridgehead atoms. The van der Waals surface area contributed by atoms with Crippen molar-refractivity contribution in [1.29, 1.82) is 0 Å². The van der Waals surface area contributed by atoms with Gasteiger partial charge in [0.2, 0.25) is 5.91 Å². The smallest absolute Gasteiger partial charge is 0.217 e. The Morgan fingerprint density at radius 3 is 2.54 bits per heavy atom. The van der Waals surface area contributed by atoms with E-state index in [4.69, 9.17) is 5.11 Å². The lowest BCUT2D eigenvalue weighted by Crippen LogP contribution is -2.28. The number of carbonyl (C=O) groups is 1. The van der Waals surface area contributed by atoms with Crippen molar-refractivity contribution in [2.24, 2.45) is 0 Å². The van der Waals surface area contributed by atoms with E-state index in [0.717, 1.165) is 5.56 Å². The highest BCUT2D eigenvalue weighted by Crippen LogP contribution is 2.10. The van der Waals surface area contributed by atoms with Crippen molar-refractivity contribution in [3.05, 3.63) is 35.9 Å². The Bertz CT molecular complexity index is 272. The van der Waals surface area contributed by atoms with Crippen molar-refractivity contribution in [2.45, 2.75) is 13.0 Å². The molecule has 1 atom stereocenters. The van der Waals surface area contributed by atoms with Gasteiger partial charge in [-0.15, -0.1) is 0 Å². The number of hydrogen-bond donors (Lipinski definition) is 2. The Labute approximate surface area is 77.4 Å². The molecule has 0 unspecified atom stereocenters. The fraction of sp³-hybridized carbons (Fsp3) is 0.300. The minimum Gasteiger partial charge on any atom is -0.394 e. The summed E-state index contributed by atoms with van der Waals surface area (Å²) >= 11 is 0. The summed E-state index contributed by atoms with van der Waals surface area (Å²) in [5, 5.41) is 11.7. The summed E-state index contributed by atoms with van der Waals surface area (Å²) in [5.74, 6) is -0.136. The van der Waals surface area contributed by atoms with Crippen LogP contribution in [0.25, 0.3) is 0 Å². The highest BCUT2D eigenvalue weighted by atomic mass is 16.3. The van der Waals surface area contributed by atoms with Crippen LogP contribution in [0, 0.1) is 0 Å². The van der Waals surface area contributed by atoms with Crippen LogP contribution in [0.3, 0.4) is 0 Å². The van der Waals surface area contributed by atoms with Crippen LogP contribution in [0.15, 0.2) is 30.3 Å². The second-order valence-electron chi connectivity index (χ2n) is 2.85. The number of amides is 1. The first kappa shape index (κ1) is 9.74. The zero-order chi connectivity index (χ0) is 9.68. The van der Waals surface area contributed by atoms with Crippen molar-refractivity contribution >= 4 is 5.91 Å². The van der Waals surface area contributed by atoms with Gasteiger partial charge in [0.15, 0.2) is 0 Å². The molecular formula is C10H13NO2. The highest BCUT2D eigenvalue weighted by Gasteiger charge is 2.09. The van der Waals surface area contributed by atoms with Gasteiger partial charge in [-0.2, -0.15) is 0 Å². The van der Waals surface area contributed by atoms with Crippen LogP contribution in [0.5, 0.6) is 0 Å². The third kappa shape index (κ3) is 2.87. The summed E-state index contributed by atoms with van der Waals surface area (Å²) in [4.78, 5) is 10.8. The van der Waals surface area contributed by atoms with E-state index in [-0.39, 0.29) is 18.6 Å². The molecule has 1 aromatic carbocycles. The van der Waals surface area contributed by atoms with Gasteiger partial charge < -0.3 is 10.4 Å². The molecule has 0 fully saturated rings. The highest BCUT2D eigenvalue weighted by molar-refractivity contribution is 5.73. The molecule has 3 nitrogen and oxygen atoms in total. The topological polar surface area (TPSA) is 49.3 Å². The number of carbonyl (C=O) groups excluding carboxylic acids is 1.